The molecule has 0 radical (unpaired) electrons. The maximum atomic E-state index is 11.8. The van der Waals surface area contributed by atoms with Crippen LogP contribution >= 0.6 is 0 Å². The molecule has 1 aromatic carbocycles. The summed E-state index contributed by atoms with van der Waals surface area (Å²) in [6, 6.07) is 7.26. The predicted molar refractivity (Wildman–Crippen MR) is 97.8 cm³/mol. The van der Waals surface area contributed by atoms with Crippen molar-refractivity contribution in [3.8, 4) is 5.69 Å². The van der Waals surface area contributed by atoms with E-state index < -0.39 is 15.8 Å². The van der Waals surface area contributed by atoms with Crippen LogP contribution in [0, 0.1) is 0 Å². The van der Waals surface area contributed by atoms with Crippen LogP contribution in [0.2, 0.25) is 0 Å². The van der Waals surface area contributed by atoms with Gasteiger partial charge in [-0.05, 0) is 31.4 Å². The average molecular weight is 378 g/mol. The summed E-state index contributed by atoms with van der Waals surface area (Å²) < 4.78 is 23.7. The van der Waals surface area contributed by atoms with Crippen molar-refractivity contribution in [2.45, 2.75) is 32.7 Å². The van der Waals surface area contributed by atoms with Crippen LogP contribution in [0.15, 0.2) is 24.3 Å². The number of sulfone groups is 1. The van der Waals surface area contributed by atoms with Crippen LogP contribution in [-0.4, -0.2) is 58.6 Å². The smallest absolute Gasteiger partial charge is 0.360 e. The zero-order valence-corrected chi connectivity index (χ0v) is 15.6. The lowest BCUT2D eigenvalue weighted by Gasteiger charge is -2.26. The third-order valence-corrected chi connectivity index (χ3v) is 6.40. The highest BCUT2D eigenvalue weighted by molar-refractivity contribution is 7.91. The summed E-state index contributed by atoms with van der Waals surface area (Å²) in [6.45, 7) is 4.31. The Morgan fingerprint density at radius 1 is 1.31 bits per heavy atom. The van der Waals surface area contributed by atoms with Gasteiger partial charge < -0.3 is 10.0 Å². The van der Waals surface area contributed by atoms with Crippen LogP contribution in [0.1, 0.15) is 36.3 Å². The summed E-state index contributed by atoms with van der Waals surface area (Å²) in [4.78, 5) is 14.8. The first-order valence-corrected chi connectivity index (χ1v) is 10.4. The van der Waals surface area contributed by atoms with E-state index in [1.54, 1.807) is 4.90 Å². The van der Waals surface area contributed by atoms with E-state index >= 15 is 0 Å². The number of hydrogen-bond donors (Lipinski definition) is 1. The molecule has 2 heterocycles. The first kappa shape index (κ1) is 18.4. The molecule has 1 aliphatic heterocycles. The number of aromatic carboxylic acids is 1. The Bertz CT molecular complexity index is 923. The first-order valence-electron chi connectivity index (χ1n) is 8.62. The molecule has 1 aromatic heterocycles. The highest BCUT2D eigenvalue weighted by atomic mass is 32.2. The number of aryl methyl sites for hydroxylation is 1. The molecule has 0 aliphatic carbocycles. The molecule has 1 saturated heterocycles. The fraction of sp³-hybridized carbons (Fsp3) is 0.471. The van der Waals surface area contributed by atoms with Gasteiger partial charge in [0.1, 0.15) is 0 Å². The zero-order chi connectivity index (χ0) is 18.9. The van der Waals surface area contributed by atoms with Gasteiger partial charge in [-0.25, -0.2) is 13.2 Å². The van der Waals surface area contributed by atoms with Gasteiger partial charge in [0, 0.05) is 12.6 Å². The Morgan fingerprint density at radius 3 is 2.62 bits per heavy atom. The molecule has 3 rings (SSSR count). The van der Waals surface area contributed by atoms with Gasteiger partial charge in [0.15, 0.2) is 15.7 Å². The Morgan fingerprint density at radius 2 is 2.04 bits per heavy atom. The van der Waals surface area contributed by atoms with Gasteiger partial charge in [-0.1, -0.05) is 25.1 Å². The molecule has 9 heteroatoms. The molecule has 0 bridgehead atoms. The van der Waals surface area contributed by atoms with E-state index in [-0.39, 0.29) is 29.1 Å². The minimum Gasteiger partial charge on any atom is -0.476 e. The number of carbonyl (C=O) groups is 1. The van der Waals surface area contributed by atoms with Crippen LogP contribution in [0.25, 0.3) is 5.69 Å². The lowest BCUT2D eigenvalue weighted by Crippen LogP contribution is -2.37. The minimum absolute atomic E-state index is 0.0122. The van der Waals surface area contributed by atoms with Gasteiger partial charge >= 0.3 is 5.97 Å². The second kappa shape index (κ2) is 7.06. The highest BCUT2D eigenvalue weighted by Gasteiger charge is 2.35. The largest absolute Gasteiger partial charge is 0.476 e. The second-order valence-corrected chi connectivity index (χ2v) is 8.52. The van der Waals surface area contributed by atoms with Crippen molar-refractivity contribution in [2.75, 3.05) is 23.0 Å². The monoisotopic (exact) mass is 378 g/mol. The summed E-state index contributed by atoms with van der Waals surface area (Å²) in [5.74, 6) is -0.839. The molecule has 26 heavy (non-hydrogen) atoms. The third kappa shape index (κ3) is 3.44. The molecular formula is C17H22N4O4S. The minimum atomic E-state index is -3.09. The van der Waals surface area contributed by atoms with E-state index in [1.165, 1.54) is 4.80 Å². The quantitative estimate of drug-likeness (QED) is 0.813. The summed E-state index contributed by atoms with van der Waals surface area (Å²) in [6.07, 6.45) is 1.22. The maximum Gasteiger partial charge on any atom is 0.360 e. The van der Waals surface area contributed by atoms with Crippen LogP contribution in [0.3, 0.4) is 0 Å². The number of benzene rings is 1. The summed E-state index contributed by atoms with van der Waals surface area (Å²) >= 11 is 0. The summed E-state index contributed by atoms with van der Waals surface area (Å²) in [5, 5.41) is 18.2. The number of carboxylic acids is 1. The van der Waals surface area contributed by atoms with Gasteiger partial charge in [-0.2, -0.15) is 0 Å². The third-order valence-electron chi connectivity index (χ3n) is 4.65. The molecule has 8 nitrogen and oxygen atoms in total. The van der Waals surface area contributed by atoms with Crippen molar-refractivity contribution in [3.63, 3.8) is 0 Å². The molecule has 1 fully saturated rings. The van der Waals surface area contributed by atoms with Crippen LogP contribution in [-0.2, 0) is 16.3 Å². The van der Waals surface area contributed by atoms with E-state index in [9.17, 15) is 18.3 Å². The van der Waals surface area contributed by atoms with E-state index in [0.717, 1.165) is 17.7 Å². The van der Waals surface area contributed by atoms with Crippen molar-refractivity contribution in [3.05, 3.63) is 35.5 Å². The van der Waals surface area contributed by atoms with Crippen molar-refractivity contribution in [1.82, 2.24) is 15.0 Å². The fourth-order valence-electron chi connectivity index (χ4n) is 3.35. The molecule has 1 atom stereocenters. The summed E-state index contributed by atoms with van der Waals surface area (Å²) in [7, 11) is -3.09. The molecule has 140 valence electrons. The normalized spacial score (nSPS) is 18.8. The number of hydrogen-bond acceptors (Lipinski definition) is 6. The number of anilines is 1. The zero-order valence-electron chi connectivity index (χ0n) is 14.8. The number of nitrogens with zero attached hydrogens (tertiary/aromatic N) is 4. The molecule has 1 unspecified atom stereocenters. The lowest BCUT2D eigenvalue weighted by atomic mass is 10.1. The Labute approximate surface area is 152 Å². The van der Waals surface area contributed by atoms with Gasteiger partial charge in [-0.15, -0.1) is 15.0 Å². The van der Waals surface area contributed by atoms with E-state index in [4.69, 9.17) is 0 Å². The van der Waals surface area contributed by atoms with E-state index in [2.05, 4.69) is 10.2 Å². The highest BCUT2D eigenvalue weighted by Crippen LogP contribution is 2.26. The standard InChI is InChI=1S/C17H22N4O4S/c1-3-12-7-5-6-8-14(12)21-18-15(17(22)23)16(19-21)20(4-2)13-9-10-26(24,25)11-13/h5-8,13H,3-4,9-11H2,1-2H3,(H,22,23). The molecule has 1 N–H and O–H groups in total. The number of rotatable bonds is 6. The number of aromatic nitrogens is 3. The van der Waals surface area contributed by atoms with Gasteiger partial charge in [0.25, 0.3) is 0 Å². The van der Waals surface area contributed by atoms with E-state index in [0.29, 0.717) is 13.0 Å². The summed E-state index contributed by atoms with van der Waals surface area (Å²) in [5.41, 5.74) is 1.55. The SMILES string of the molecule is CCc1ccccc1-n1nc(C(=O)O)c(N(CC)C2CCS(=O)(=O)C2)n1. The fourth-order valence-corrected chi connectivity index (χ4v) is 5.08. The van der Waals surface area contributed by atoms with E-state index in [1.807, 2.05) is 38.1 Å². The van der Waals surface area contributed by atoms with Gasteiger partial charge in [0.2, 0.25) is 5.69 Å². The predicted octanol–water partition coefficient (Wildman–Crippen LogP) is 1.54. The Hall–Kier alpha value is -2.42. The first-order chi connectivity index (χ1) is 12.4. The van der Waals surface area contributed by atoms with Gasteiger partial charge in [0.05, 0.1) is 17.2 Å². The molecule has 0 spiro atoms. The molecule has 2 aromatic rings. The molecule has 0 saturated carbocycles. The van der Waals surface area contributed by atoms with Crippen molar-refractivity contribution < 1.29 is 18.3 Å². The van der Waals surface area contributed by atoms with Crippen molar-refractivity contribution >= 4 is 21.6 Å². The van der Waals surface area contributed by atoms with Crippen LogP contribution in [0.4, 0.5) is 5.82 Å². The van der Waals surface area contributed by atoms with Gasteiger partial charge in [-0.3, -0.25) is 0 Å². The topological polar surface area (TPSA) is 105 Å². The van der Waals surface area contributed by atoms with Crippen LogP contribution < -0.4 is 4.90 Å². The number of para-hydroxylation sites is 1. The Balaban J connectivity index is 2.06. The maximum absolute atomic E-state index is 11.8. The van der Waals surface area contributed by atoms with Crippen molar-refractivity contribution in [2.24, 2.45) is 0 Å². The molecule has 1 aliphatic rings. The number of carboxylic acid groups (broad SMARTS) is 1. The lowest BCUT2D eigenvalue weighted by molar-refractivity contribution is 0.0690. The van der Waals surface area contributed by atoms with Crippen molar-refractivity contribution in [1.29, 1.82) is 0 Å². The average Bonchev–Trinajstić information content (AvgIpc) is 3.20. The second-order valence-electron chi connectivity index (χ2n) is 6.29. The Kier molecular flexibility index (Phi) is 4.99. The molecular weight excluding hydrogens is 356 g/mol. The molecule has 0 amide bonds. The van der Waals surface area contributed by atoms with Crippen LogP contribution in [0.5, 0.6) is 0 Å².